The van der Waals surface area contributed by atoms with Gasteiger partial charge in [0.05, 0.1) is 6.04 Å². The van der Waals surface area contributed by atoms with E-state index in [0.29, 0.717) is 12.3 Å². The fraction of sp³-hybridized carbons (Fsp3) is 0.562. The molecule has 4 nitrogen and oxygen atoms in total. The SMILES string of the molecule is CNCC1CCN(C(=O)[C@@H](N)Cc2ccc(F)cc2)CC1. The highest BCUT2D eigenvalue weighted by molar-refractivity contribution is 5.82. The maximum Gasteiger partial charge on any atom is 0.239 e. The number of rotatable bonds is 5. The molecule has 1 atom stereocenters. The molecule has 1 fully saturated rings. The number of hydrogen-bond acceptors (Lipinski definition) is 3. The van der Waals surface area contributed by atoms with E-state index in [1.165, 1.54) is 12.1 Å². The lowest BCUT2D eigenvalue weighted by Gasteiger charge is -2.33. The van der Waals surface area contributed by atoms with E-state index in [9.17, 15) is 9.18 Å². The summed E-state index contributed by atoms with van der Waals surface area (Å²) in [4.78, 5) is 14.2. The quantitative estimate of drug-likeness (QED) is 0.856. The highest BCUT2D eigenvalue weighted by Gasteiger charge is 2.26. The molecular formula is C16H24FN3O. The van der Waals surface area contributed by atoms with Crippen LogP contribution in [0.15, 0.2) is 24.3 Å². The van der Waals surface area contributed by atoms with Gasteiger partial charge in [0.1, 0.15) is 5.82 Å². The van der Waals surface area contributed by atoms with Gasteiger partial charge in [0.25, 0.3) is 0 Å². The molecular weight excluding hydrogens is 269 g/mol. The molecule has 1 aliphatic rings. The van der Waals surface area contributed by atoms with Gasteiger partial charge in [-0.25, -0.2) is 4.39 Å². The Hall–Kier alpha value is -1.46. The second-order valence-corrected chi connectivity index (χ2v) is 5.76. The number of halogens is 1. The number of nitrogens with zero attached hydrogens (tertiary/aromatic N) is 1. The minimum absolute atomic E-state index is 0.00207. The predicted octanol–water partition coefficient (Wildman–Crippen LogP) is 1.15. The van der Waals surface area contributed by atoms with Gasteiger partial charge in [-0.2, -0.15) is 0 Å². The zero-order valence-electron chi connectivity index (χ0n) is 12.5. The van der Waals surface area contributed by atoms with E-state index in [-0.39, 0.29) is 11.7 Å². The first-order valence-electron chi connectivity index (χ1n) is 7.53. The minimum Gasteiger partial charge on any atom is -0.341 e. The third-order valence-corrected chi connectivity index (χ3v) is 4.11. The third kappa shape index (κ3) is 4.51. The lowest BCUT2D eigenvalue weighted by molar-refractivity contribution is -0.133. The van der Waals surface area contributed by atoms with Crippen LogP contribution < -0.4 is 11.1 Å². The van der Waals surface area contributed by atoms with Gasteiger partial charge in [0, 0.05) is 13.1 Å². The molecule has 0 aliphatic carbocycles. The van der Waals surface area contributed by atoms with Crippen LogP contribution in [0.2, 0.25) is 0 Å². The van der Waals surface area contributed by atoms with Crippen molar-refractivity contribution in [3.63, 3.8) is 0 Å². The molecule has 1 amide bonds. The molecule has 0 saturated carbocycles. The Morgan fingerprint density at radius 2 is 2.00 bits per heavy atom. The molecule has 3 N–H and O–H groups in total. The number of carbonyl (C=O) groups is 1. The molecule has 0 spiro atoms. The van der Waals surface area contributed by atoms with Gasteiger partial charge < -0.3 is 16.0 Å². The van der Waals surface area contributed by atoms with Crippen LogP contribution in [0, 0.1) is 11.7 Å². The lowest BCUT2D eigenvalue weighted by Crippen LogP contribution is -2.48. The van der Waals surface area contributed by atoms with Crippen LogP contribution in [-0.4, -0.2) is 43.5 Å². The molecule has 1 aromatic carbocycles. The smallest absolute Gasteiger partial charge is 0.239 e. The number of nitrogens with two attached hydrogens (primary N) is 1. The van der Waals surface area contributed by atoms with E-state index in [2.05, 4.69) is 5.32 Å². The number of amides is 1. The van der Waals surface area contributed by atoms with Crippen molar-refractivity contribution in [3.05, 3.63) is 35.6 Å². The van der Waals surface area contributed by atoms with E-state index in [4.69, 9.17) is 5.73 Å². The average Bonchev–Trinajstić information content (AvgIpc) is 2.50. The number of carbonyl (C=O) groups excluding carboxylic acids is 1. The topological polar surface area (TPSA) is 58.4 Å². The summed E-state index contributed by atoms with van der Waals surface area (Å²) in [6, 6.07) is 5.62. The second kappa shape index (κ2) is 7.52. The molecule has 0 unspecified atom stereocenters. The van der Waals surface area contributed by atoms with Crippen molar-refractivity contribution in [2.24, 2.45) is 11.7 Å². The summed E-state index contributed by atoms with van der Waals surface area (Å²) in [7, 11) is 1.95. The number of benzene rings is 1. The molecule has 0 radical (unpaired) electrons. The highest BCUT2D eigenvalue weighted by atomic mass is 19.1. The van der Waals surface area contributed by atoms with E-state index in [0.717, 1.165) is 38.0 Å². The fourth-order valence-electron chi connectivity index (χ4n) is 2.84. The molecule has 1 saturated heterocycles. The van der Waals surface area contributed by atoms with Crippen molar-refractivity contribution in [1.82, 2.24) is 10.2 Å². The third-order valence-electron chi connectivity index (χ3n) is 4.11. The van der Waals surface area contributed by atoms with Crippen molar-refractivity contribution in [1.29, 1.82) is 0 Å². The van der Waals surface area contributed by atoms with Crippen molar-refractivity contribution in [2.75, 3.05) is 26.7 Å². The second-order valence-electron chi connectivity index (χ2n) is 5.76. The molecule has 0 aromatic heterocycles. The van der Waals surface area contributed by atoms with Gasteiger partial charge in [-0.05, 0) is 56.5 Å². The molecule has 5 heteroatoms. The molecule has 1 aliphatic heterocycles. The van der Waals surface area contributed by atoms with Crippen LogP contribution >= 0.6 is 0 Å². The Kier molecular flexibility index (Phi) is 5.70. The van der Waals surface area contributed by atoms with Crippen LogP contribution in [0.4, 0.5) is 4.39 Å². The monoisotopic (exact) mass is 293 g/mol. The van der Waals surface area contributed by atoms with E-state index >= 15 is 0 Å². The number of nitrogens with one attached hydrogen (secondary N) is 1. The Morgan fingerprint density at radius 1 is 1.38 bits per heavy atom. The molecule has 1 heterocycles. The molecule has 21 heavy (non-hydrogen) atoms. The highest BCUT2D eigenvalue weighted by Crippen LogP contribution is 2.17. The van der Waals surface area contributed by atoms with Crippen molar-refractivity contribution in [3.8, 4) is 0 Å². The Balaban J connectivity index is 1.84. The zero-order valence-corrected chi connectivity index (χ0v) is 12.5. The van der Waals surface area contributed by atoms with Crippen LogP contribution in [-0.2, 0) is 11.2 Å². The molecule has 116 valence electrons. The maximum absolute atomic E-state index is 12.9. The average molecular weight is 293 g/mol. The van der Waals surface area contributed by atoms with E-state index in [1.807, 2.05) is 11.9 Å². The van der Waals surface area contributed by atoms with Gasteiger partial charge in [-0.15, -0.1) is 0 Å². The first-order chi connectivity index (χ1) is 10.1. The number of hydrogen-bond donors (Lipinski definition) is 2. The van der Waals surface area contributed by atoms with Crippen LogP contribution in [0.3, 0.4) is 0 Å². The van der Waals surface area contributed by atoms with Gasteiger partial charge >= 0.3 is 0 Å². The summed E-state index contributed by atoms with van der Waals surface area (Å²) in [5.74, 6) is 0.375. The maximum atomic E-state index is 12.9. The van der Waals surface area contributed by atoms with Crippen LogP contribution in [0.1, 0.15) is 18.4 Å². The first kappa shape index (κ1) is 15.9. The summed E-state index contributed by atoms with van der Waals surface area (Å²) < 4.78 is 12.9. The predicted molar refractivity (Wildman–Crippen MR) is 81.3 cm³/mol. The van der Waals surface area contributed by atoms with Gasteiger partial charge in [-0.3, -0.25) is 4.79 Å². The Labute approximate surface area is 125 Å². The normalized spacial score (nSPS) is 17.8. The summed E-state index contributed by atoms with van der Waals surface area (Å²) >= 11 is 0. The summed E-state index contributed by atoms with van der Waals surface area (Å²) in [5.41, 5.74) is 6.91. The largest absolute Gasteiger partial charge is 0.341 e. The summed E-state index contributed by atoms with van der Waals surface area (Å²) in [6.45, 7) is 2.56. The van der Waals surface area contributed by atoms with Crippen LogP contribution in [0.5, 0.6) is 0 Å². The van der Waals surface area contributed by atoms with Crippen molar-refractivity contribution >= 4 is 5.91 Å². The summed E-state index contributed by atoms with van der Waals surface area (Å²) in [5, 5.41) is 3.18. The van der Waals surface area contributed by atoms with Crippen molar-refractivity contribution in [2.45, 2.75) is 25.3 Å². The Bertz CT molecular complexity index is 455. The zero-order chi connectivity index (χ0) is 15.2. The summed E-state index contributed by atoms with van der Waals surface area (Å²) in [6.07, 6.45) is 2.50. The van der Waals surface area contributed by atoms with Gasteiger partial charge in [-0.1, -0.05) is 12.1 Å². The molecule has 2 rings (SSSR count). The van der Waals surface area contributed by atoms with Crippen LogP contribution in [0.25, 0.3) is 0 Å². The Morgan fingerprint density at radius 3 is 2.57 bits per heavy atom. The number of likely N-dealkylation sites (tertiary alicyclic amines) is 1. The number of piperidine rings is 1. The fourth-order valence-corrected chi connectivity index (χ4v) is 2.84. The standard InChI is InChI=1S/C16H24FN3O/c1-19-11-13-6-8-20(9-7-13)16(21)15(18)10-12-2-4-14(17)5-3-12/h2-5,13,15,19H,6-11,18H2,1H3/t15-/m0/s1. The minimum atomic E-state index is -0.545. The molecule has 0 bridgehead atoms. The van der Waals surface area contributed by atoms with Gasteiger partial charge in [0.2, 0.25) is 5.91 Å². The van der Waals surface area contributed by atoms with Gasteiger partial charge in [0.15, 0.2) is 0 Å². The molecule has 1 aromatic rings. The van der Waals surface area contributed by atoms with E-state index < -0.39 is 6.04 Å². The first-order valence-corrected chi connectivity index (χ1v) is 7.53. The van der Waals surface area contributed by atoms with E-state index in [1.54, 1.807) is 12.1 Å². The lowest BCUT2D eigenvalue weighted by atomic mass is 9.96. The van der Waals surface area contributed by atoms with Crippen molar-refractivity contribution < 1.29 is 9.18 Å².